The Morgan fingerprint density at radius 3 is 2.93 bits per heavy atom. The average Bonchev–Trinajstić information content (AvgIpc) is 2.19. The van der Waals surface area contributed by atoms with Crippen molar-refractivity contribution in [2.45, 2.75) is 26.7 Å². The molecule has 0 radical (unpaired) electrons. The Bertz CT molecular complexity index is 250. The van der Waals surface area contributed by atoms with Crippen LogP contribution in [0.2, 0.25) is 0 Å². The number of carbonyl (C=O) groups is 1. The molecule has 4 nitrogen and oxygen atoms in total. The number of aliphatic imine (C=N–C) groups is 1. The van der Waals surface area contributed by atoms with Gasteiger partial charge in [-0.3, -0.25) is 9.79 Å². The third-order valence-electron chi connectivity index (χ3n) is 2.48. The summed E-state index contributed by atoms with van der Waals surface area (Å²) >= 11 is 0. The van der Waals surface area contributed by atoms with E-state index in [9.17, 15) is 4.79 Å². The molecule has 80 valence electrons. The third kappa shape index (κ3) is 1.89. The summed E-state index contributed by atoms with van der Waals surface area (Å²) in [5.41, 5.74) is -0.678. The largest absolute Gasteiger partial charge is 0.483 e. The minimum atomic E-state index is -0.678. The molecule has 14 heavy (non-hydrogen) atoms. The van der Waals surface area contributed by atoms with Gasteiger partial charge >= 0.3 is 5.97 Å². The van der Waals surface area contributed by atoms with E-state index >= 15 is 0 Å². The Balaban J connectivity index is 2.84. The summed E-state index contributed by atoms with van der Waals surface area (Å²) in [6.07, 6.45) is 1.65. The van der Waals surface area contributed by atoms with Gasteiger partial charge < -0.3 is 9.47 Å². The Morgan fingerprint density at radius 2 is 2.36 bits per heavy atom. The highest BCUT2D eigenvalue weighted by molar-refractivity contribution is 6.02. The molecule has 0 aliphatic carbocycles. The third-order valence-corrected chi connectivity index (χ3v) is 2.48. The summed E-state index contributed by atoms with van der Waals surface area (Å²) in [6.45, 7) is 4.75. The van der Waals surface area contributed by atoms with Crippen LogP contribution in [0.15, 0.2) is 4.99 Å². The molecule has 0 saturated heterocycles. The van der Waals surface area contributed by atoms with Gasteiger partial charge in [0.25, 0.3) is 0 Å². The van der Waals surface area contributed by atoms with Crippen molar-refractivity contribution in [2.24, 2.45) is 10.4 Å². The van der Waals surface area contributed by atoms with Gasteiger partial charge in [0.1, 0.15) is 5.41 Å². The summed E-state index contributed by atoms with van der Waals surface area (Å²) in [6, 6.07) is 0. The average molecular weight is 199 g/mol. The van der Waals surface area contributed by atoms with E-state index in [1.807, 2.05) is 6.92 Å². The standard InChI is InChI=1S/C10H17NO3/c1-4-14-9(12)10(2)6-5-7-11-8(10)13-3/h4-7H2,1-3H3. The lowest BCUT2D eigenvalue weighted by Crippen LogP contribution is -2.41. The second-order valence-corrected chi connectivity index (χ2v) is 3.55. The van der Waals surface area contributed by atoms with Crippen LogP contribution in [0.1, 0.15) is 26.7 Å². The second-order valence-electron chi connectivity index (χ2n) is 3.55. The lowest BCUT2D eigenvalue weighted by Gasteiger charge is -2.30. The van der Waals surface area contributed by atoms with Gasteiger partial charge in [-0.2, -0.15) is 0 Å². The summed E-state index contributed by atoms with van der Waals surface area (Å²) in [5, 5.41) is 0. The number of hydrogen-bond acceptors (Lipinski definition) is 4. The van der Waals surface area contributed by atoms with Crippen molar-refractivity contribution >= 4 is 11.9 Å². The molecular formula is C10H17NO3. The van der Waals surface area contributed by atoms with Gasteiger partial charge in [0.05, 0.1) is 13.7 Å². The molecule has 1 heterocycles. The van der Waals surface area contributed by atoms with E-state index in [2.05, 4.69) is 4.99 Å². The van der Waals surface area contributed by atoms with Gasteiger partial charge in [0.2, 0.25) is 5.90 Å². The Hall–Kier alpha value is -1.06. The van der Waals surface area contributed by atoms with Gasteiger partial charge in [-0.25, -0.2) is 0 Å². The van der Waals surface area contributed by atoms with Crippen LogP contribution >= 0.6 is 0 Å². The molecule has 0 bridgehead atoms. The molecule has 0 amide bonds. The molecule has 0 saturated carbocycles. The normalized spacial score (nSPS) is 26.6. The lowest BCUT2D eigenvalue weighted by molar-refractivity contribution is -0.151. The maximum Gasteiger partial charge on any atom is 0.321 e. The summed E-state index contributed by atoms with van der Waals surface area (Å²) < 4.78 is 10.1. The summed E-state index contributed by atoms with van der Waals surface area (Å²) in [5.74, 6) is 0.266. The van der Waals surface area contributed by atoms with E-state index in [-0.39, 0.29) is 5.97 Å². The van der Waals surface area contributed by atoms with Crippen LogP contribution in [0.3, 0.4) is 0 Å². The summed E-state index contributed by atoms with van der Waals surface area (Å²) in [7, 11) is 1.54. The van der Waals surface area contributed by atoms with Gasteiger partial charge in [-0.05, 0) is 26.7 Å². The molecule has 0 aromatic carbocycles. The van der Waals surface area contributed by atoms with E-state index in [1.165, 1.54) is 0 Å². The Kier molecular flexibility index (Phi) is 3.49. The molecule has 1 aliphatic heterocycles. The lowest BCUT2D eigenvalue weighted by atomic mass is 9.83. The molecule has 0 spiro atoms. The maximum absolute atomic E-state index is 11.7. The highest BCUT2D eigenvalue weighted by Crippen LogP contribution is 2.30. The van der Waals surface area contributed by atoms with Crippen molar-refractivity contribution in [2.75, 3.05) is 20.3 Å². The topological polar surface area (TPSA) is 47.9 Å². The molecule has 1 unspecified atom stereocenters. The van der Waals surface area contributed by atoms with Crippen molar-refractivity contribution in [3.63, 3.8) is 0 Å². The number of esters is 1. The monoisotopic (exact) mass is 199 g/mol. The fourth-order valence-corrected chi connectivity index (χ4v) is 1.66. The van der Waals surface area contributed by atoms with E-state index in [0.717, 1.165) is 19.4 Å². The molecule has 0 aromatic heterocycles. The SMILES string of the molecule is CCOC(=O)C1(C)CCCN=C1OC. The van der Waals surface area contributed by atoms with Crippen molar-refractivity contribution in [3.05, 3.63) is 0 Å². The second kappa shape index (κ2) is 4.44. The van der Waals surface area contributed by atoms with Crippen LogP contribution < -0.4 is 0 Å². The van der Waals surface area contributed by atoms with Crippen LogP contribution in [0.5, 0.6) is 0 Å². The first-order valence-electron chi connectivity index (χ1n) is 4.91. The van der Waals surface area contributed by atoms with Crippen LogP contribution in [0.25, 0.3) is 0 Å². The molecule has 1 aliphatic rings. The molecule has 1 atom stereocenters. The predicted molar refractivity (Wildman–Crippen MR) is 53.3 cm³/mol. The molecular weight excluding hydrogens is 182 g/mol. The fraction of sp³-hybridized carbons (Fsp3) is 0.800. The maximum atomic E-state index is 11.7. The number of hydrogen-bond donors (Lipinski definition) is 0. The highest BCUT2D eigenvalue weighted by Gasteiger charge is 2.42. The Labute approximate surface area is 84.3 Å². The van der Waals surface area contributed by atoms with E-state index in [1.54, 1.807) is 14.0 Å². The Morgan fingerprint density at radius 1 is 1.64 bits per heavy atom. The van der Waals surface area contributed by atoms with E-state index < -0.39 is 5.41 Å². The van der Waals surface area contributed by atoms with Crippen LogP contribution in [-0.4, -0.2) is 32.1 Å². The van der Waals surface area contributed by atoms with Gasteiger partial charge in [0, 0.05) is 6.54 Å². The van der Waals surface area contributed by atoms with Crippen molar-refractivity contribution in [3.8, 4) is 0 Å². The highest BCUT2D eigenvalue weighted by atomic mass is 16.5. The number of rotatable bonds is 2. The van der Waals surface area contributed by atoms with Crippen LogP contribution in [-0.2, 0) is 14.3 Å². The van der Waals surface area contributed by atoms with Crippen LogP contribution in [0, 0.1) is 5.41 Å². The number of nitrogens with zero attached hydrogens (tertiary/aromatic N) is 1. The zero-order chi connectivity index (χ0) is 10.6. The van der Waals surface area contributed by atoms with Gasteiger partial charge in [0.15, 0.2) is 0 Å². The minimum Gasteiger partial charge on any atom is -0.483 e. The molecule has 0 aromatic rings. The first-order chi connectivity index (χ1) is 6.65. The smallest absolute Gasteiger partial charge is 0.321 e. The molecule has 4 heteroatoms. The molecule has 0 fully saturated rings. The zero-order valence-electron chi connectivity index (χ0n) is 9.00. The predicted octanol–water partition coefficient (Wildman–Crippen LogP) is 1.39. The van der Waals surface area contributed by atoms with Crippen molar-refractivity contribution < 1.29 is 14.3 Å². The van der Waals surface area contributed by atoms with E-state index in [4.69, 9.17) is 9.47 Å². The van der Waals surface area contributed by atoms with Crippen molar-refractivity contribution in [1.82, 2.24) is 0 Å². The van der Waals surface area contributed by atoms with Crippen LogP contribution in [0.4, 0.5) is 0 Å². The minimum absolute atomic E-state index is 0.236. The quantitative estimate of drug-likeness (QED) is 0.631. The number of carbonyl (C=O) groups excluding carboxylic acids is 1. The molecule has 0 N–H and O–H groups in total. The number of ether oxygens (including phenoxy) is 2. The first kappa shape index (κ1) is 11.0. The molecule has 1 rings (SSSR count). The fourth-order valence-electron chi connectivity index (χ4n) is 1.66. The summed E-state index contributed by atoms with van der Waals surface area (Å²) in [4.78, 5) is 15.9. The van der Waals surface area contributed by atoms with Gasteiger partial charge in [-0.15, -0.1) is 0 Å². The zero-order valence-corrected chi connectivity index (χ0v) is 9.00. The number of methoxy groups -OCH3 is 1. The van der Waals surface area contributed by atoms with Crippen molar-refractivity contribution in [1.29, 1.82) is 0 Å². The first-order valence-corrected chi connectivity index (χ1v) is 4.91. The van der Waals surface area contributed by atoms with Gasteiger partial charge in [-0.1, -0.05) is 0 Å². The van der Waals surface area contributed by atoms with E-state index in [0.29, 0.717) is 12.5 Å².